The van der Waals surface area contributed by atoms with E-state index in [4.69, 9.17) is 16.3 Å². The van der Waals surface area contributed by atoms with E-state index in [2.05, 4.69) is 26.8 Å². The first kappa shape index (κ1) is 19.4. The van der Waals surface area contributed by atoms with Gasteiger partial charge in [-0.1, -0.05) is 24.6 Å². The average molecular weight is 385 g/mol. The second-order valence-corrected chi connectivity index (χ2v) is 7.20. The summed E-state index contributed by atoms with van der Waals surface area (Å²) in [4.78, 5) is 8.39. The van der Waals surface area contributed by atoms with E-state index in [1.54, 1.807) is 6.20 Å². The SMILES string of the molecule is Cc1nccn1CC(C)CNCc1cc(Cl)ccc1OCc1cccnc1. The van der Waals surface area contributed by atoms with Crippen molar-refractivity contribution in [2.75, 3.05) is 6.54 Å². The standard InChI is InChI=1S/C21H25ClN4O/c1-16(14-26-9-8-25-17(26)2)11-24-13-19-10-20(22)5-6-21(19)27-15-18-4-3-7-23-12-18/h3-10,12,16,24H,11,13-15H2,1-2H3. The lowest BCUT2D eigenvalue weighted by atomic mass is 10.1. The van der Waals surface area contributed by atoms with Gasteiger partial charge in [0.1, 0.15) is 18.2 Å². The normalized spacial score (nSPS) is 12.1. The van der Waals surface area contributed by atoms with Crippen molar-refractivity contribution in [2.24, 2.45) is 5.92 Å². The molecule has 0 spiro atoms. The summed E-state index contributed by atoms with van der Waals surface area (Å²) < 4.78 is 8.16. The van der Waals surface area contributed by atoms with Crippen molar-refractivity contribution in [1.29, 1.82) is 0 Å². The molecule has 1 unspecified atom stereocenters. The summed E-state index contributed by atoms with van der Waals surface area (Å²) in [6.45, 7) is 7.28. The lowest BCUT2D eigenvalue weighted by molar-refractivity contribution is 0.301. The number of ether oxygens (including phenoxy) is 1. The quantitative estimate of drug-likeness (QED) is 0.599. The van der Waals surface area contributed by atoms with Crippen LogP contribution in [0.2, 0.25) is 5.02 Å². The van der Waals surface area contributed by atoms with E-state index >= 15 is 0 Å². The van der Waals surface area contributed by atoms with Crippen LogP contribution in [0.4, 0.5) is 0 Å². The first-order chi connectivity index (χ1) is 13.1. The number of nitrogens with zero attached hydrogens (tertiary/aromatic N) is 3. The highest BCUT2D eigenvalue weighted by atomic mass is 35.5. The molecule has 27 heavy (non-hydrogen) atoms. The maximum absolute atomic E-state index is 6.18. The number of benzene rings is 1. The Labute approximate surface area is 165 Å². The number of halogens is 1. The highest BCUT2D eigenvalue weighted by molar-refractivity contribution is 6.30. The van der Waals surface area contributed by atoms with E-state index in [-0.39, 0.29) is 0 Å². The molecule has 3 aromatic rings. The zero-order valence-corrected chi connectivity index (χ0v) is 16.5. The molecule has 142 valence electrons. The Balaban J connectivity index is 1.54. The van der Waals surface area contributed by atoms with Crippen LogP contribution < -0.4 is 10.1 Å². The van der Waals surface area contributed by atoms with Gasteiger partial charge in [0, 0.05) is 54.0 Å². The topological polar surface area (TPSA) is 52.0 Å². The minimum Gasteiger partial charge on any atom is -0.489 e. The van der Waals surface area contributed by atoms with Crippen molar-refractivity contribution in [3.63, 3.8) is 0 Å². The van der Waals surface area contributed by atoms with Gasteiger partial charge in [-0.25, -0.2) is 4.98 Å². The lowest BCUT2D eigenvalue weighted by Crippen LogP contribution is -2.24. The largest absolute Gasteiger partial charge is 0.489 e. The molecule has 0 aliphatic heterocycles. The number of aryl methyl sites for hydroxylation is 1. The molecule has 1 N–H and O–H groups in total. The van der Waals surface area contributed by atoms with E-state index in [1.807, 2.05) is 55.8 Å². The van der Waals surface area contributed by atoms with Crippen LogP contribution in [0.15, 0.2) is 55.1 Å². The third kappa shape index (κ3) is 5.81. The molecular formula is C21H25ClN4O. The number of pyridine rings is 1. The Bertz CT molecular complexity index is 850. The van der Waals surface area contributed by atoms with Gasteiger partial charge in [-0.05, 0) is 43.7 Å². The zero-order valence-electron chi connectivity index (χ0n) is 15.7. The molecule has 0 bridgehead atoms. The van der Waals surface area contributed by atoms with Crippen LogP contribution in [-0.4, -0.2) is 21.1 Å². The minimum absolute atomic E-state index is 0.483. The summed E-state index contributed by atoms with van der Waals surface area (Å²) in [5, 5.41) is 4.23. The third-order valence-electron chi connectivity index (χ3n) is 4.38. The van der Waals surface area contributed by atoms with Gasteiger partial charge in [0.25, 0.3) is 0 Å². The predicted molar refractivity (Wildman–Crippen MR) is 108 cm³/mol. The molecule has 0 amide bonds. The number of hydrogen-bond acceptors (Lipinski definition) is 4. The fourth-order valence-electron chi connectivity index (χ4n) is 2.92. The summed E-state index contributed by atoms with van der Waals surface area (Å²) in [7, 11) is 0. The van der Waals surface area contributed by atoms with E-state index in [9.17, 15) is 0 Å². The lowest BCUT2D eigenvalue weighted by Gasteiger charge is -2.16. The highest BCUT2D eigenvalue weighted by Crippen LogP contribution is 2.24. The smallest absolute Gasteiger partial charge is 0.124 e. The van der Waals surface area contributed by atoms with Gasteiger partial charge in [0.15, 0.2) is 0 Å². The number of imidazole rings is 1. The van der Waals surface area contributed by atoms with Gasteiger partial charge in [-0.3, -0.25) is 4.98 Å². The van der Waals surface area contributed by atoms with E-state index in [1.165, 1.54) is 0 Å². The third-order valence-corrected chi connectivity index (χ3v) is 4.62. The molecule has 0 saturated heterocycles. The summed E-state index contributed by atoms with van der Waals surface area (Å²) in [5.41, 5.74) is 2.09. The maximum atomic E-state index is 6.18. The van der Waals surface area contributed by atoms with E-state index < -0.39 is 0 Å². The molecule has 2 heterocycles. The van der Waals surface area contributed by atoms with Crippen LogP contribution in [0, 0.1) is 12.8 Å². The number of aromatic nitrogens is 3. The molecule has 0 aliphatic rings. The average Bonchev–Trinajstić information content (AvgIpc) is 3.06. The highest BCUT2D eigenvalue weighted by Gasteiger charge is 2.08. The summed E-state index contributed by atoms with van der Waals surface area (Å²) >= 11 is 6.18. The Morgan fingerprint density at radius 3 is 2.89 bits per heavy atom. The summed E-state index contributed by atoms with van der Waals surface area (Å²) in [6, 6.07) is 9.65. The molecule has 1 atom stereocenters. The molecule has 0 saturated carbocycles. The van der Waals surface area contributed by atoms with Crippen molar-refractivity contribution in [1.82, 2.24) is 19.9 Å². The number of rotatable bonds is 9. The van der Waals surface area contributed by atoms with Crippen molar-refractivity contribution in [2.45, 2.75) is 33.5 Å². The van der Waals surface area contributed by atoms with Gasteiger partial charge in [-0.2, -0.15) is 0 Å². The van der Waals surface area contributed by atoms with E-state index in [0.29, 0.717) is 24.1 Å². The molecule has 0 radical (unpaired) electrons. The minimum atomic E-state index is 0.483. The molecule has 6 heteroatoms. The van der Waals surface area contributed by atoms with Crippen molar-refractivity contribution in [3.8, 4) is 5.75 Å². The fraction of sp³-hybridized carbons (Fsp3) is 0.333. The molecule has 5 nitrogen and oxygen atoms in total. The van der Waals surface area contributed by atoms with Crippen LogP contribution >= 0.6 is 11.6 Å². The second-order valence-electron chi connectivity index (χ2n) is 6.76. The summed E-state index contributed by atoms with van der Waals surface area (Å²) in [6.07, 6.45) is 7.43. The van der Waals surface area contributed by atoms with Crippen LogP contribution in [-0.2, 0) is 19.7 Å². The number of nitrogens with one attached hydrogen (secondary N) is 1. The van der Waals surface area contributed by atoms with Gasteiger partial charge in [-0.15, -0.1) is 0 Å². The number of hydrogen-bond donors (Lipinski definition) is 1. The van der Waals surface area contributed by atoms with Gasteiger partial charge >= 0.3 is 0 Å². The van der Waals surface area contributed by atoms with E-state index in [0.717, 1.165) is 35.8 Å². The first-order valence-corrected chi connectivity index (χ1v) is 9.48. The molecule has 0 aliphatic carbocycles. The zero-order chi connectivity index (χ0) is 19.1. The molecule has 0 fully saturated rings. The first-order valence-electron chi connectivity index (χ1n) is 9.10. The summed E-state index contributed by atoms with van der Waals surface area (Å²) in [5.74, 6) is 2.37. The fourth-order valence-corrected chi connectivity index (χ4v) is 3.12. The molecule has 2 aromatic heterocycles. The van der Waals surface area contributed by atoms with Crippen molar-refractivity contribution >= 4 is 11.6 Å². The second kappa shape index (κ2) is 9.53. The van der Waals surface area contributed by atoms with Gasteiger partial charge in [0.2, 0.25) is 0 Å². The predicted octanol–water partition coefficient (Wildman–Crippen LogP) is 4.24. The van der Waals surface area contributed by atoms with Crippen molar-refractivity contribution in [3.05, 3.63) is 77.1 Å². The molecule has 1 aromatic carbocycles. The maximum Gasteiger partial charge on any atom is 0.124 e. The molecular weight excluding hydrogens is 360 g/mol. The monoisotopic (exact) mass is 384 g/mol. The Morgan fingerprint density at radius 1 is 1.26 bits per heavy atom. The Morgan fingerprint density at radius 2 is 2.15 bits per heavy atom. The Kier molecular flexibility index (Phi) is 6.85. The van der Waals surface area contributed by atoms with Crippen LogP contribution in [0.5, 0.6) is 5.75 Å². The van der Waals surface area contributed by atoms with Gasteiger partial charge in [0.05, 0.1) is 0 Å². The Hall–Kier alpha value is -2.37. The van der Waals surface area contributed by atoms with Gasteiger partial charge < -0.3 is 14.6 Å². The molecule has 3 rings (SSSR count). The van der Waals surface area contributed by atoms with Crippen LogP contribution in [0.25, 0.3) is 0 Å². The van der Waals surface area contributed by atoms with Crippen LogP contribution in [0.3, 0.4) is 0 Å². The van der Waals surface area contributed by atoms with Crippen LogP contribution in [0.1, 0.15) is 23.9 Å². The van der Waals surface area contributed by atoms with Crippen molar-refractivity contribution < 1.29 is 4.74 Å².